The quantitative estimate of drug-likeness (QED) is 0.367. The molecule has 3 rings (SSSR count). The molecule has 0 radical (unpaired) electrons. The number of unbranched alkanes of at least 4 members (excludes halogenated alkanes) is 1. The zero-order chi connectivity index (χ0) is 25.0. The number of benzene rings is 3. The normalized spacial score (nSPS) is 11.5. The van der Waals surface area contributed by atoms with E-state index in [1.807, 2.05) is 92.7 Å². The summed E-state index contributed by atoms with van der Waals surface area (Å²) < 4.78 is 5.82. The van der Waals surface area contributed by atoms with Gasteiger partial charge in [-0.05, 0) is 43.5 Å². The van der Waals surface area contributed by atoms with Crippen LogP contribution in [0.3, 0.4) is 0 Å². The van der Waals surface area contributed by atoms with Crippen molar-refractivity contribution in [2.75, 3.05) is 13.2 Å². The van der Waals surface area contributed by atoms with Crippen molar-refractivity contribution in [1.82, 2.24) is 10.2 Å². The molecule has 0 heterocycles. The molecule has 3 aromatic carbocycles. The zero-order valence-electron chi connectivity index (χ0n) is 21.0. The highest BCUT2D eigenvalue weighted by atomic mass is 16.5. The lowest BCUT2D eigenvalue weighted by Crippen LogP contribution is -2.51. The monoisotopic (exact) mass is 472 g/mol. The van der Waals surface area contributed by atoms with Crippen LogP contribution in [-0.2, 0) is 22.6 Å². The maximum atomic E-state index is 13.5. The summed E-state index contributed by atoms with van der Waals surface area (Å²) >= 11 is 0. The first-order valence-electron chi connectivity index (χ1n) is 12.3. The molecular weight excluding hydrogens is 436 g/mol. The summed E-state index contributed by atoms with van der Waals surface area (Å²) in [5.74, 6) is 0.266. The van der Waals surface area contributed by atoms with Gasteiger partial charge in [-0.3, -0.25) is 9.59 Å². The number of nitrogens with one attached hydrogen (secondary N) is 1. The van der Waals surface area contributed by atoms with E-state index in [1.54, 1.807) is 4.90 Å². The van der Waals surface area contributed by atoms with E-state index in [-0.39, 0.29) is 18.4 Å². The number of carbonyl (C=O) groups excluding carboxylic acids is 2. The van der Waals surface area contributed by atoms with E-state index >= 15 is 0 Å². The molecular formula is C30H36N2O3. The number of amides is 2. The number of nitrogens with zero attached hydrogens (tertiary/aromatic N) is 1. The van der Waals surface area contributed by atoms with Crippen LogP contribution in [0.15, 0.2) is 78.9 Å². The van der Waals surface area contributed by atoms with Crippen molar-refractivity contribution >= 4 is 11.8 Å². The Morgan fingerprint density at radius 1 is 0.857 bits per heavy atom. The van der Waals surface area contributed by atoms with Crippen molar-refractivity contribution in [2.24, 2.45) is 0 Å². The van der Waals surface area contributed by atoms with Gasteiger partial charge in [0.25, 0.3) is 5.91 Å². The van der Waals surface area contributed by atoms with Gasteiger partial charge in [0.1, 0.15) is 11.8 Å². The van der Waals surface area contributed by atoms with Gasteiger partial charge < -0.3 is 15.0 Å². The molecule has 0 aromatic heterocycles. The van der Waals surface area contributed by atoms with Gasteiger partial charge in [0, 0.05) is 19.5 Å². The van der Waals surface area contributed by atoms with Gasteiger partial charge in [-0.15, -0.1) is 0 Å². The van der Waals surface area contributed by atoms with E-state index in [9.17, 15) is 9.59 Å². The fourth-order valence-corrected chi connectivity index (χ4v) is 3.81. The van der Waals surface area contributed by atoms with Gasteiger partial charge in [0.05, 0.1) is 0 Å². The van der Waals surface area contributed by atoms with Gasteiger partial charge >= 0.3 is 0 Å². The van der Waals surface area contributed by atoms with Crippen molar-refractivity contribution in [3.8, 4) is 5.75 Å². The molecule has 35 heavy (non-hydrogen) atoms. The largest absolute Gasteiger partial charge is 0.484 e. The van der Waals surface area contributed by atoms with Gasteiger partial charge in [0.15, 0.2) is 6.61 Å². The van der Waals surface area contributed by atoms with Crippen LogP contribution < -0.4 is 10.1 Å². The summed E-state index contributed by atoms with van der Waals surface area (Å²) in [7, 11) is 0. The first-order chi connectivity index (χ1) is 17.0. The van der Waals surface area contributed by atoms with Crippen LogP contribution >= 0.6 is 0 Å². The number of aryl methyl sites for hydroxylation is 2. The van der Waals surface area contributed by atoms with Crippen LogP contribution in [-0.4, -0.2) is 35.9 Å². The second-order valence-electron chi connectivity index (χ2n) is 8.96. The molecule has 0 aliphatic heterocycles. The smallest absolute Gasteiger partial charge is 0.261 e. The van der Waals surface area contributed by atoms with Crippen LogP contribution in [0.1, 0.15) is 42.0 Å². The van der Waals surface area contributed by atoms with Gasteiger partial charge in [0.2, 0.25) is 5.91 Å². The fourth-order valence-electron chi connectivity index (χ4n) is 3.81. The van der Waals surface area contributed by atoms with Crippen molar-refractivity contribution in [1.29, 1.82) is 0 Å². The summed E-state index contributed by atoms with van der Waals surface area (Å²) in [5.41, 5.74) is 4.24. The Kier molecular flexibility index (Phi) is 9.91. The fraction of sp³-hybridized carbons (Fsp3) is 0.333. The summed E-state index contributed by atoms with van der Waals surface area (Å²) in [6.07, 6.45) is 2.31. The Hall–Kier alpha value is -3.60. The molecule has 1 atom stereocenters. The van der Waals surface area contributed by atoms with E-state index in [4.69, 9.17) is 4.74 Å². The molecule has 184 valence electrons. The van der Waals surface area contributed by atoms with Crippen LogP contribution in [0.25, 0.3) is 0 Å². The first-order valence-corrected chi connectivity index (χ1v) is 12.3. The minimum absolute atomic E-state index is 0.136. The number of rotatable bonds is 12. The van der Waals surface area contributed by atoms with E-state index in [2.05, 4.69) is 12.2 Å². The number of hydrogen-bond donors (Lipinski definition) is 1. The second kappa shape index (κ2) is 13.3. The third kappa shape index (κ3) is 8.29. The number of ether oxygens (including phenoxy) is 1. The molecule has 5 nitrogen and oxygen atoms in total. The van der Waals surface area contributed by atoms with Crippen LogP contribution in [0.4, 0.5) is 0 Å². The lowest BCUT2D eigenvalue weighted by atomic mass is 10.0. The topological polar surface area (TPSA) is 58.6 Å². The third-order valence-corrected chi connectivity index (χ3v) is 5.96. The summed E-state index contributed by atoms with van der Waals surface area (Å²) in [6.45, 7) is 6.90. The van der Waals surface area contributed by atoms with Crippen molar-refractivity contribution in [3.63, 3.8) is 0 Å². The molecule has 0 aliphatic carbocycles. The van der Waals surface area contributed by atoms with Crippen LogP contribution in [0.2, 0.25) is 0 Å². The van der Waals surface area contributed by atoms with Gasteiger partial charge in [-0.1, -0.05) is 91.2 Å². The summed E-state index contributed by atoms with van der Waals surface area (Å²) in [5, 5.41) is 3.04. The van der Waals surface area contributed by atoms with Crippen LogP contribution in [0, 0.1) is 13.8 Å². The molecule has 0 unspecified atom stereocenters. The van der Waals surface area contributed by atoms with E-state index in [0.29, 0.717) is 25.3 Å². The standard InChI is InChI=1S/C30H36N2O3/c1-4-5-19-31-30(34)28(20-25-9-7-6-8-10-25)32(21-26-15-11-23(2)12-16-26)29(33)22-35-27-17-13-24(3)14-18-27/h6-18,28H,4-5,19-22H2,1-3H3,(H,31,34)/t28-/m1/s1. The number of carbonyl (C=O) groups is 2. The van der Waals surface area contributed by atoms with Gasteiger partial charge in [-0.25, -0.2) is 0 Å². The molecule has 0 aliphatic rings. The molecule has 0 fully saturated rings. The van der Waals surface area contributed by atoms with E-state index in [1.165, 1.54) is 0 Å². The Morgan fingerprint density at radius 3 is 2.11 bits per heavy atom. The maximum Gasteiger partial charge on any atom is 0.261 e. The number of hydrogen-bond acceptors (Lipinski definition) is 3. The lowest BCUT2D eigenvalue weighted by molar-refractivity contribution is -0.142. The highest BCUT2D eigenvalue weighted by Crippen LogP contribution is 2.17. The summed E-state index contributed by atoms with van der Waals surface area (Å²) in [6, 6.07) is 24.8. The van der Waals surface area contributed by atoms with Crippen LogP contribution in [0.5, 0.6) is 5.75 Å². The molecule has 0 saturated carbocycles. The Morgan fingerprint density at radius 2 is 1.49 bits per heavy atom. The average Bonchev–Trinajstić information content (AvgIpc) is 2.87. The van der Waals surface area contributed by atoms with Gasteiger partial charge in [-0.2, -0.15) is 0 Å². The lowest BCUT2D eigenvalue weighted by Gasteiger charge is -2.31. The molecule has 3 aromatic rings. The Bertz CT molecular complexity index is 1060. The predicted octanol–water partition coefficient (Wildman–Crippen LogP) is 5.24. The van der Waals surface area contributed by atoms with E-state index < -0.39 is 6.04 Å². The molecule has 2 amide bonds. The Balaban J connectivity index is 1.86. The van der Waals surface area contributed by atoms with Crippen molar-refractivity contribution in [3.05, 3.63) is 101 Å². The zero-order valence-corrected chi connectivity index (χ0v) is 21.0. The predicted molar refractivity (Wildman–Crippen MR) is 140 cm³/mol. The highest BCUT2D eigenvalue weighted by molar-refractivity contribution is 5.88. The molecule has 5 heteroatoms. The van der Waals surface area contributed by atoms with Crippen molar-refractivity contribution < 1.29 is 14.3 Å². The Labute approximate surface area is 209 Å². The molecule has 1 N–H and O–H groups in total. The average molecular weight is 473 g/mol. The minimum atomic E-state index is -0.648. The third-order valence-electron chi connectivity index (χ3n) is 5.96. The maximum absolute atomic E-state index is 13.5. The molecule has 0 spiro atoms. The van der Waals surface area contributed by atoms with E-state index in [0.717, 1.165) is 35.1 Å². The molecule has 0 saturated heterocycles. The minimum Gasteiger partial charge on any atom is -0.484 e. The summed E-state index contributed by atoms with van der Waals surface area (Å²) in [4.78, 5) is 28.6. The second-order valence-corrected chi connectivity index (χ2v) is 8.96. The highest BCUT2D eigenvalue weighted by Gasteiger charge is 2.30. The SMILES string of the molecule is CCCCNC(=O)[C@@H](Cc1ccccc1)N(Cc1ccc(C)cc1)C(=O)COc1ccc(C)cc1. The first kappa shape index (κ1) is 26.0. The van der Waals surface area contributed by atoms with Crippen molar-refractivity contribution in [2.45, 2.75) is 52.6 Å². The molecule has 0 bridgehead atoms.